The molecule has 0 aromatic rings. The lowest BCUT2D eigenvalue weighted by Crippen LogP contribution is -2.35. The van der Waals surface area contributed by atoms with Crippen molar-refractivity contribution in [2.45, 2.75) is 32.2 Å². The molecule has 1 aliphatic carbocycles. The van der Waals surface area contributed by atoms with Crippen LogP contribution in [0.25, 0.3) is 0 Å². The van der Waals surface area contributed by atoms with E-state index in [0.717, 1.165) is 12.5 Å². The highest BCUT2D eigenvalue weighted by molar-refractivity contribution is 4.74. The SMILES string of the molecule is CC(CNCCC1CC1)N(C)C. The van der Waals surface area contributed by atoms with E-state index in [1.165, 1.54) is 25.8 Å². The Morgan fingerprint density at radius 2 is 2.08 bits per heavy atom. The highest BCUT2D eigenvalue weighted by atomic mass is 15.1. The average molecular weight is 170 g/mol. The molecule has 0 aromatic heterocycles. The minimum Gasteiger partial charge on any atom is -0.315 e. The van der Waals surface area contributed by atoms with Crippen LogP contribution in [-0.4, -0.2) is 38.1 Å². The second-order valence-corrected chi connectivity index (χ2v) is 4.25. The Bertz CT molecular complexity index is 119. The predicted molar refractivity (Wildman–Crippen MR) is 53.4 cm³/mol. The summed E-state index contributed by atoms with van der Waals surface area (Å²) in [5.74, 6) is 1.06. The van der Waals surface area contributed by atoms with Crippen molar-refractivity contribution in [1.82, 2.24) is 10.2 Å². The Morgan fingerprint density at radius 3 is 2.58 bits per heavy atom. The molecule has 12 heavy (non-hydrogen) atoms. The molecule has 1 saturated carbocycles. The zero-order valence-corrected chi connectivity index (χ0v) is 8.64. The van der Waals surface area contributed by atoms with Gasteiger partial charge in [-0.2, -0.15) is 0 Å². The maximum absolute atomic E-state index is 3.50. The first-order chi connectivity index (χ1) is 5.70. The van der Waals surface area contributed by atoms with Crippen molar-refractivity contribution in [2.24, 2.45) is 5.92 Å². The lowest BCUT2D eigenvalue weighted by atomic mass is 10.2. The zero-order valence-electron chi connectivity index (χ0n) is 8.64. The van der Waals surface area contributed by atoms with Crippen molar-refractivity contribution >= 4 is 0 Å². The molecule has 1 rings (SSSR count). The largest absolute Gasteiger partial charge is 0.315 e. The molecule has 0 aromatic carbocycles. The van der Waals surface area contributed by atoms with Crippen molar-refractivity contribution in [2.75, 3.05) is 27.2 Å². The molecule has 0 bridgehead atoms. The molecule has 0 saturated heterocycles. The van der Waals surface area contributed by atoms with E-state index in [9.17, 15) is 0 Å². The highest BCUT2D eigenvalue weighted by Crippen LogP contribution is 2.31. The lowest BCUT2D eigenvalue weighted by Gasteiger charge is -2.19. The lowest BCUT2D eigenvalue weighted by molar-refractivity contribution is 0.302. The summed E-state index contributed by atoms with van der Waals surface area (Å²) in [5, 5.41) is 3.50. The molecule has 2 heteroatoms. The van der Waals surface area contributed by atoms with Gasteiger partial charge in [-0.15, -0.1) is 0 Å². The van der Waals surface area contributed by atoms with E-state index in [-0.39, 0.29) is 0 Å². The van der Waals surface area contributed by atoms with E-state index in [1.807, 2.05) is 0 Å². The molecule has 1 N–H and O–H groups in total. The molecule has 0 spiro atoms. The van der Waals surface area contributed by atoms with E-state index in [4.69, 9.17) is 0 Å². The summed E-state index contributed by atoms with van der Waals surface area (Å²) in [4.78, 5) is 2.25. The third-order valence-electron chi connectivity index (χ3n) is 2.75. The standard InChI is InChI=1S/C10H22N2/c1-9(12(2)3)8-11-7-6-10-4-5-10/h9-11H,4-8H2,1-3H3. The highest BCUT2D eigenvalue weighted by Gasteiger charge is 2.20. The first kappa shape index (κ1) is 10.0. The number of hydrogen-bond acceptors (Lipinski definition) is 2. The van der Waals surface area contributed by atoms with Gasteiger partial charge in [-0.05, 0) is 39.9 Å². The van der Waals surface area contributed by atoms with Crippen LogP contribution in [-0.2, 0) is 0 Å². The average Bonchev–Trinajstić information content (AvgIpc) is 2.80. The molecule has 0 amide bonds. The Morgan fingerprint density at radius 1 is 1.42 bits per heavy atom. The van der Waals surface area contributed by atoms with Crippen LogP contribution < -0.4 is 5.32 Å². The molecule has 2 nitrogen and oxygen atoms in total. The fraction of sp³-hybridized carbons (Fsp3) is 1.00. The molecule has 0 heterocycles. The van der Waals surface area contributed by atoms with Gasteiger partial charge in [0.05, 0.1) is 0 Å². The van der Waals surface area contributed by atoms with Crippen LogP contribution in [0.3, 0.4) is 0 Å². The molecule has 1 unspecified atom stereocenters. The van der Waals surface area contributed by atoms with Gasteiger partial charge in [0.15, 0.2) is 0 Å². The normalized spacial score (nSPS) is 20.0. The van der Waals surface area contributed by atoms with Gasteiger partial charge in [0.1, 0.15) is 0 Å². The van der Waals surface area contributed by atoms with Crippen LogP contribution in [0.15, 0.2) is 0 Å². The molecule has 1 fully saturated rings. The summed E-state index contributed by atoms with van der Waals surface area (Å²) >= 11 is 0. The number of rotatable bonds is 6. The summed E-state index contributed by atoms with van der Waals surface area (Å²) < 4.78 is 0. The van der Waals surface area contributed by atoms with Gasteiger partial charge in [-0.3, -0.25) is 0 Å². The molecular weight excluding hydrogens is 148 g/mol. The quantitative estimate of drug-likeness (QED) is 0.605. The Balaban J connectivity index is 1.86. The monoisotopic (exact) mass is 170 g/mol. The minimum atomic E-state index is 0.657. The Kier molecular flexibility index (Phi) is 4.02. The summed E-state index contributed by atoms with van der Waals surface area (Å²) in [5.41, 5.74) is 0. The fourth-order valence-electron chi connectivity index (χ4n) is 1.21. The smallest absolute Gasteiger partial charge is 0.0186 e. The van der Waals surface area contributed by atoms with Crippen LogP contribution in [0.4, 0.5) is 0 Å². The summed E-state index contributed by atoms with van der Waals surface area (Å²) in [6.45, 7) is 4.59. The van der Waals surface area contributed by atoms with E-state index < -0.39 is 0 Å². The maximum atomic E-state index is 3.50. The van der Waals surface area contributed by atoms with Gasteiger partial charge in [0.2, 0.25) is 0 Å². The van der Waals surface area contributed by atoms with Crippen molar-refractivity contribution < 1.29 is 0 Å². The van der Waals surface area contributed by atoms with Gasteiger partial charge in [0.25, 0.3) is 0 Å². The number of nitrogens with zero attached hydrogens (tertiary/aromatic N) is 1. The number of likely N-dealkylation sites (N-methyl/N-ethyl adjacent to an activating group) is 1. The van der Waals surface area contributed by atoms with Gasteiger partial charge < -0.3 is 10.2 Å². The van der Waals surface area contributed by atoms with E-state index in [0.29, 0.717) is 6.04 Å². The van der Waals surface area contributed by atoms with Crippen LogP contribution in [0.2, 0.25) is 0 Å². The molecule has 72 valence electrons. The predicted octanol–water partition coefficient (Wildman–Crippen LogP) is 1.33. The summed E-state index contributed by atoms with van der Waals surface area (Å²) in [6.07, 6.45) is 4.34. The molecular formula is C10H22N2. The van der Waals surface area contributed by atoms with Crippen LogP contribution in [0.5, 0.6) is 0 Å². The molecule has 0 radical (unpaired) electrons. The van der Waals surface area contributed by atoms with E-state index in [2.05, 4.69) is 31.2 Å². The van der Waals surface area contributed by atoms with Gasteiger partial charge in [0, 0.05) is 12.6 Å². The fourth-order valence-corrected chi connectivity index (χ4v) is 1.21. The second kappa shape index (κ2) is 4.83. The first-order valence-corrected chi connectivity index (χ1v) is 5.07. The van der Waals surface area contributed by atoms with Gasteiger partial charge in [-0.25, -0.2) is 0 Å². The van der Waals surface area contributed by atoms with Crippen molar-refractivity contribution in [3.63, 3.8) is 0 Å². The summed E-state index contributed by atoms with van der Waals surface area (Å²) in [7, 11) is 4.26. The zero-order chi connectivity index (χ0) is 8.97. The Labute approximate surface area is 76.3 Å². The minimum absolute atomic E-state index is 0.657. The maximum Gasteiger partial charge on any atom is 0.0186 e. The van der Waals surface area contributed by atoms with Gasteiger partial charge >= 0.3 is 0 Å². The third kappa shape index (κ3) is 4.07. The van der Waals surface area contributed by atoms with Crippen molar-refractivity contribution in [3.8, 4) is 0 Å². The molecule has 0 aliphatic heterocycles. The third-order valence-corrected chi connectivity index (χ3v) is 2.75. The van der Waals surface area contributed by atoms with Crippen LogP contribution >= 0.6 is 0 Å². The second-order valence-electron chi connectivity index (χ2n) is 4.25. The van der Waals surface area contributed by atoms with Crippen LogP contribution in [0.1, 0.15) is 26.2 Å². The summed E-state index contributed by atoms with van der Waals surface area (Å²) in [6, 6.07) is 0.657. The number of nitrogens with one attached hydrogen (secondary N) is 1. The van der Waals surface area contributed by atoms with E-state index >= 15 is 0 Å². The number of hydrogen-bond donors (Lipinski definition) is 1. The molecule has 1 aliphatic rings. The van der Waals surface area contributed by atoms with Gasteiger partial charge in [-0.1, -0.05) is 12.8 Å². The first-order valence-electron chi connectivity index (χ1n) is 5.07. The Hall–Kier alpha value is -0.0800. The van der Waals surface area contributed by atoms with Crippen molar-refractivity contribution in [1.29, 1.82) is 0 Å². The molecule has 1 atom stereocenters. The van der Waals surface area contributed by atoms with Crippen LogP contribution in [0, 0.1) is 5.92 Å². The van der Waals surface area contributed by atoms with E-state index in [1.54, 1.807) is 0 Å². The van der Waals surface area contributed by atoms with Crippen molar-refractivity contribution in [3.05, 3.63) is 0 Å². The topological polar surface area (TPSA) is 15.3 Å².